The molecule has 31 heavy (non-hydrogen) atoms. The summed E-state index contributed by atoms with van der Waals surface area (Å²) < 4.78 is 37.7. The normalized spacial score (nSPS) is 16.3. The van der Waals surface area contributed by atoms with Gasteiger partial charge in [0, 0.05) is 30.6 Å². The van der Waals surface area contributed by atoms with Gasteiger partial charge < -0.3 is 24.7 Å². The maximum atomic E-state index is 14.6. The van der Waals surface area contributed by atoms with Gasteiger partial charge in [-0.1, -0.05) is 0 Å². The van der Waals surface area contributed by atoms with Gasteiger partial charge in [-0.25, -0.2) is 23.4 Å². The van der Waals surface area contributed by atoms with Gasteiger partial charge in [-0.15, -0.1) is 0 Å². The van der Waals surface area contributed by atoms with Crippen molar-refractivity contribution in [1.29, 1.82) is 0 Å². The highest BCUT2D eigenvalue weighted by Gasteiger charge is 2.37. The molecule has 2 N–H and O–H groups in total. The Morgan fingerprint density at radius 3 is 2.77 bits per heavy atom. The van der Waals surface area contributed by atoms with Crippen molar-refractivity contribution < 1.29 is 32.6 Å². The molecular formula is C20H22F2N4O5. The number of H-pyrrole nitrogens is 1. The molecule has 9 nitrogen and oxygen atoms in total. The zero-order valence-corrected chi connectivity index (χ0v) is 17.0. The number of benzene rings is 1. The standard InChI is InChI=1S/C20H22F2N4O5/c1-30-16(27)6-5-15(19(28)31-2)25-20(29)26-8-7-14-17(24-10-23-14)18(26)12-9-11(21)3-4-13(12)22/h3-4,9-10,15,18H,5-8H2,1-2H3,(H,23,24)(H,25,29)/t15-,18-/m1/s1. The van der Waals surface area contributed by atoms with Gasteiger partial charge in [-0.2, -0.15) is 0 Å². The van der Waals surface area contributed by atoms with Crippen LogP contribution >= 0.6 is 0 Å². The number of rotatable bonds is 6. The van der Waals surface area contributed by atoms with Gasteiger partial charge in [0.25, 0.3) is 0 Å². The lowest BCUT2D eigenvalue weighted by Crippen LogP contribution is -2.51. The molecule has 2 aromatic rings. The highest BCUT2D eigenvalue weighted by atomic mass is 19.1. The Kier molecular flexibility index (Phi) is 6.83. The molecule has 2 atom stereocenters. The van der Waals surface area contributed by atoms with E-state index in [-0.39, 0.29) is 24.9 Å². The van der Waals surface area contributed by atoms with E-state index in [1.165, 1.54) is 18.3 Å². The van der Waals surface area contributed by atoms with Crippen molar-refractivity contribution in [2.45, 2.75) is 31.3 Å². The lowest BCUT2D eigenvalue weighted by atomic mass is 9.95. The molecule has 0 spiro atoms. The summed E-state index contributed by atoms with van der Waals surface area (Å²) in [7, 11) is 2.36. The van der Waals surface area contributed by atoms with E-state index in [2.05, 4.69) is 20.0 Å². The van der Waals surface area contributed by atoms with Crippen molar-refractivity contribution in [3.05, 3.63) is 53.1 Å². The second-order valence-corrected chi connectivity index (χ2v) is 6.92. The molecule has 2 heterocycles. The number of halogens is 2. The summed E-state index contributed by atoms with van der Waals surface area (Å²) in [6.45, 7) is 0.159. The molecule has 3 rings (SSSR count). The van der Waals surface area contributed by atoms with Crippen LogP contribution in [0, 0.1) is 11.6 Å². The SMILES string of the molecule is COC(=O)CC[C@@H](NC(=O)N1CCc2[nH]cnc2[C@H]1c1cc(F)ccc1F)C(=O)OC. The first-order valence-corrected chi connectivity index (χ1v) is 9.54. The lowest BCUT2D eigenvalue weighted by molar-refractivity contribution is -0.144. The third kappa shape index (κ3) is 4.81. The van der Waals surface area contributed by atoms with Crippen LogP contribution in [0.4, 0.5) is 13.6 Å². The smallest absolute Gasteiger partial charge is 0.328 e. The molecule has 0 radical (unpaired) electrons. The number of esters is 2. The largest absolute Gasteiger partial charge is 0.469 e. The monoisotopic (exact) mass is 436 g/mol. The Morgan fingerprint density at radius 2 is 2.06 bits per heavy atom. The van der Waals surface area contributed by atoms with Crippen molar-refractivity contribution in [2.24, 2.45) is 0 Å². The predicted molar refractivity (Wildman–Crippen MR) is 103 cm³/mol. The number of urea groups is 1. The minimum Gasteiger partial charge on any atom is -0.469 e. The predicted octanol–water partition coefficient (Wildman–Crippen LogP) is 1.84. The molecule has 1 aliphatic heterocycles. The number of nitrogens with zero attached hydrogens (tertiary/aromatic N) is 2. The maximum absolute atomic E-state index is 14.6. The number of fused-ring (bicyclic) bond motifs is 1. The summed E-state index contributed by atoms with van der Waals surface area (Å²) in [5.41, 5.74) is 1.02. The number of nitrogens with one attached hydrogen (secondary N) is 2. The van der Waals surface area contributed by atoms with Gasteiger partial charge in [0.15, 0.2) is 0 Å². The molecule has 1 aromatic carbocycles. The average molecular weight is 436 g/mol. The van der Waals surface area contributed by atoms with Gasteiger partial charge >= 0.3 is 18.0 Å². The second-order valence-electron chi connectivity index (χ2n) is 6.92. The van der Waals surface area contributed by atoms with Crippen LogP contribution in [0.3, 0.4) is 0 Å². The van der Waals surface area contributed by atoms with E-state index in [1.54, 1.807) is 0 Å². The van der Waals surface area contributed by atoms with E-state index in [0.29, 0.717) is 17.8 Å². The number of carbonyl (C=O) groups is 3. The molecule has 0 fully saturated rings. The minimum atomic E-state index is -1.13. The minimum absolute atomic E-state index is 0.0500. The van der Waals surface area contributed by atoms with Crippen LogP contribution in [0.1, 0.15) is 35.8 Å². The van der Waals surface area contributed by atoms with Crippen LogP contribution in [0.25, 0.3) is 0 Å². The zero-order valence-electron chi connectivity index (χ0n) is 17.0. The summed E-state index contributed by atoms with van der Waals surface area (Å²) in [5, 5.41) is 2.52. The van der Waals surface area contributed by atoms with Gasteiger partial charge in [-0.05, 0) is 24.6 Å². The number of carbonyl (C=O) groups excluding carboxylic acids is 3. The van der Waals surface area contributed by atoms with Crippen LogP contribution in [-0.4, -0.2) is 59.6 Å². The topological polar surface area (TPSA) is 114 Å². The highest BCUT2D eigenvalue weighted by molar-refractivity contribution is 5.84. The Hall–Kier alpha value is -3.50. The highest BCUT2D eigenvalue weighted by Crippen LogP contribution is 2.35. The molecule has 1 aliphatic rings. The zero-order chi connectivity index (χ0) is 22.5. The van der Waals surface area contributed by atoms with E-state index in [0.717, 1.165) is 25.3 Å². The number of aromatic nitrogens is 2. The summed E-state index contributed by atoms with van der Waals surface area (Å²) >= 11 is 0. The van der Waals surface area contributed by atoms with Gasteiger partial charge in [0.1, 0.15) is 23.7 Å². The fourth-order valence-corrected chi connectivity index (χ4v) is 3.52. The molecule has 0 unspecified atom stereocenters. The average Bonchev–Trinajstić information content (AvgIpc) is 3.25. The number of hydrogen-bond donors (Lipinski definition) is 2. The van der Waals surface area contributed by atoms with Crippen molar-refractivity contribution in [3.63, 3.8) is 0 Å². The molecule has 11 heteroatoms. The second kappa shape index (κ2) is 9.54. The summed E-state index contributed by atoms with van der Waals surface area (Å²) in [5.74, 6) is -2.66. The molecule has 2 amide bonds. The van der Waals surface area contributed by atoms with E-state index in [1.807, 2.05) is 0 Å². The van der Waals surface area contributed by atoms with Gasteiger partial charge in [0.05, 0.1) is 26.2 Å². The van der Waals surface area contributed by atoms with Crippen molar-refractivity contribution >= 4 is 18.0 Å². The first-order valence-electron chi connectivity index (χ1n) is 9.54. The Morgan fingerprint density at radius 1 is 1.29 bits per heavy atom. The Labute approximate surface area is 176 Å². The first kappa shape index (κ1) is 22.2. The van der Waals surface area contributed by atoms with Gasteiger partial charge in [0.2, 0.25) is 0 Å². The van der Waals surface area contributed by atoms with Crippen LogP contribution in [0.5, 0.6) is 0 Å². The number of methoxy groups -OCH3 is 2. The van der Waals surface area contributed by atoms with Crippen LogP contribution in [-0.2, 0) is 25.5 Å². The van der Waals surface area contributed by atoms with E-state index >= 15 is 0 Å². The number of aromatic amines is 1. The third-order valence-corrected chi connectivity index (χ3v) is 5.09. The van der Waals surface area contributed by atoms with E-state index < -0.39 is 41.7 Å². The third-order valence-electron chi connectivity index (χ3n) is 5.09. The maximum Gasteiger partial charge on any atom is 0.328 e. The van der Waals surface area contributed by atoms with Crippen LogP contribution < -0.4 is 5.32 Å². The van der Waals surface area contributed by atoms with Crippen LogP contribution in [0.15, 0.2) is 24.5 Å². The molecular weight excluding hydrogens is 414 g/mol. The fraction of sp³-hybridized carbons (Fsp3) is 0.400. The Bertz CT molecular complexity index is 980. The molecule has 0 aliphatic carbocycles. The number of imidazole rings is 1. The number of ether oxygens (including phenoxy) is 2. The first-order chi connectivity index (χ1) is 14.8. The molecule has 0 saturated carbocycles. The summed E-state index contributed by atoms with van der Waals surface area (Å²) in [6, 6.07) is 0.133. The fourth-order valence-electron chi connectivity index (χ4n) is 3.52. The van der Waals surface area contributed by atoms with Crippen molar-refractivity contribution in [3.8, 4) is 0 Å². The quantitative estimate of drug-likeness (QED) is 0.668. The lowest BCUT2D eigenvalue weighted by Gasteiger charge is -2.36. The van der Waals surface area contributed by atoms with Gasteiger partial charge in [-0.3, -0.25) is 4.79 Å². The van der Waals surface area contributed by atoms with Crippen molar-refractivity contribution in [1.82, 2.24) is 20.2 Å². The molecule has 1 aromatic heterocycles. The van der Waals surface area contributed by atoms with Crippen molar-refractivity contribution in [2.75, 3.05) is 20.8 Å². The molecule has 0 bridgehead atoms. The molecule has 0 saturated heterocycles. The van der Waals surface area contributed by atoms with E-state index in [9.17, 15) is 23.2 Å². The van der Waals surface area contributed by atoms with E-state index in [4.69, 9.17) is 4.74 Å². The molecule has 166 valence electrons. The summed E-state index contributed by atoms with van der Waals surface area (Å²) in [4.78, 5) is 45.1. The summed E-state index contributed by atoms with van der Waals surface area (Å²) in [6.07, 6.45) is 1.65. The number of hydrogen-bond acceptors (Lipinski definition) is 6. The van der Waals surface area contributed by atoms with Crippen LogP contribution in [0.2, 0.25) is 0 Å². The number of amides is 2. The Balaban J connectivity index is 1.89.